The predicted octanol–water partition coefficient (Wildman–Crippen LogP) is 1.11. The summed E-state index contributed by atoms with van der Waals surface area (Å²) in [5.41, 5.74) is 0.471. The second-order valence-electron chi connectivity index (χ2n) is 8.72. The summed E-state index contributed by atoms with van der Waals surface area (Å²) in [6.45, 7) is 3.19. The van der Waals surface area contributed by atoms with Crippen molar-refractivity contribution < 1.29 is 23.7 Å². The van der Waals surface area contributed by atoms with Crippen LogP contribution in [-0.2, 0) is 14.3 Å². The highest BCUT2D eigenvalue weighted by Crippen LogP contribution is 2.42. The lowest BCUT2D eigenvalue weighted by Gasteiger charge is -2.38. The number of hydrogen-bond donors (Lipinski definition) is 2. The number of ether oxygens (including phenoxy) is 4. The molecule has 2 unspecified atom stereocenters. The van der Waals surface area contributed by atoms with E-state index in [-0.39, 0.29) is 11.4 Å². The van der Waals surface area contributed by atoms with Gasteiger partial charge in [0.2, 0.25) is 11.9 Å². The van der Waals surface area contributed by atoms with Gasteiger partial charge in [-0.05, 0) is 17.7 Å². The Bertz CT molecular complexity index is 1240. The maximum Gasteiger partial charge on any atom is 0.258 e. The summed E-state index contributed by atoms with van der Waals surface area (Å²) >= 11 is 0. The minimum absolute atomic E-state index is 0.170. The number of aromatic nitrogens is 2. The lowest BCUT2D eigenvalue weighted by atomic mass is 9.79. The monoisotopic (exact) mass is 465 g/mol. The van der Waals surface area contributed by atoms with Crippen molar-refractivity contribution in [2.75, 3.05) is 49.7 Å². The maximum atomic E-state index is 13.3. The fourth-order valence-electron chi connectivity index (χ4n) is 5.11. The Morgan fingerprint density at radius 1 is 1.06 bits per heavy atom. The largest absolute Gasteiger partial charge is 0.486 e. The maximum absolute atomic E-state index is 13.3. The van der Waals surface area contributed by atoms with Crippen LogP contribution in [0.15, 0.2) is 23.0 Å². The average Bonchev–Trinajstić information content (AvgIpc) is 3.31. The number of anilines is 2. The van der Waals surface area contributed by atoms with Crippen molar-refractivity contribution in [3.63, 3.8) is 0 Å². The summed E-state index contributed by atoms with van der Waals surface area (Å²) in [7, 11) is 0. The van der Waals surface area contributed by atoms with Crippen LogP contribution in [-0.4, -0.2) is 61.2 Å². The Hall–Kier alpha value is -3.62. The van der Waals surface area contributed by atoms with E-state index in [4.69, 9.17) is 18.9 Å². The third-order valence-electron chi connectivity index (χ3n) is 6.81. The molecule has 0 radical (unpaired) electrons. The molecule has 11 heteroatoms. The summed E-state index contributed by atoms with van der Waals surface area (Å²) in [5, 5.41) is 12.4. The fraction of sp³-hybridized carbons (Fsp3) is 0.478. The molecule has 11 nitrogen and oxygen atoms in total. The summed E-state index contributed by atoms with van der Waals surface area (Å²) in [6, 6.07) is 7.27. The molecular weight excluding hydrogens is 442 g/mol. The molecule has 1 aromatic heterocycles. The number of hydrogen-bond acceptors (Lipinski definition) is 9. The van der Waals surface area contributed by atoms with Crippen LogP contribution in [0, 0.1) is 17.2 Å². The number of fused-ring (bicyclic) bond motifs is 2. The molecule has 5 heterocycles. The fourth-order valence-corrected chi connectivity index (χ4v) is 5.11. The summed E-state index contributed by atoms with van der Waals surface area (Å²) < 4.78 is 22.8. The number of aromatic amines is 1. The normalized spacial score (nSPS) is 24.9. The lowest BCUT2D eigenvalue weighted by Crippen LogP contribution is -2.46. The van der Waals surface area contributed by atoms with Gasteiger partial charge in [0, 0.05) is 31.8 Å². The van der Waals surface area contributed by atoms with Crippen molar-refractivity contribution in [1.82, 2.24) is 9.97 Å². The number of nitrogens with one attached hydrogen (secondary N) is 2. The second-order valence-corrected chi connectivity index (χ2v) is 8.72. The molecule has 2 saturated heterocycles. The number of nitrogens with zero attached hydrogens (tertiary/aromatic N) is 3. The molecule has 2 atom stereocenters. The number of benzene rings is 1. The zero-order valence-electron chi connectivity index (χ0n) is 18.3. The molecule has 4 aliphatic rings. The first-order valence-electron chi connectivity index (χ1n) is 11.3. The summed E-state index contributed by atoms with van der Waals surface area (Å²) in [4.78, 5) is 35.6. The van der Waals surface area contributed by atoms with Crippen LogP contribution in [0.1, 0.15) is 29.9 Å². The molecule has 0 aliphatic carbocycles. The van der Waals surface area contributed by atoms with Crippen LogP contribution >= 0.6 is 0 Å². The van der Waals surface area contributed by atoms with Crippen LogP contribution in [0.5, 0.6) is 11.5 Å². The molecule has 0 bridgehead atoms. The number of carbonyl (C=O) groups excluding carboxylic acids is 1. The number of nitriles is 1. The molecule has 1 amide bonds. The van der Waals surface area contributed by atoms with E-state index in [1.54, 1.807) is 18.2 Å². The molecule has 34 heavy (non-hydrogen) atoms. The first-order chi connectivity index (χ1) is 16.6. The first-order valence-corrected chi connectivity index (χ1v) is 11.3. The van der Waals surface area contributed by atoms with E-state index < -0.39 is 29.1 Å². The van der Waals surface area contributed by atoms with Crippen LogP contribution in [0.2, 0.25) is 0 Å². The Morgan fingerprint density at radius 2 is 1.79 bits per heavy atom. The van der Waals surface area contributed by atoms with E-state index in [9.17, 15) is 14.9 Å². The number of carbonyl (C=O) groups is 1. The third kappa shape index (κ3) is 3.38. The quantitative estimate of drug-likeness (QED) is 0.668. The molecule has 6 rings (SSSR count). The van der Waals surface area contributed by atoms with Crippen molar-refractivity contribution >= 4 is 17.7 Å². The Labute approximate surface area is 194 Å². The highest BCUT2D eigenvalue weighted by atomic mass is 16.7. The molecule has 1 spiro atoms. The molecule has 1 aromatic carbocycles. The average molecular weight is 465 g/mol. The van der Waals surface area contributed by atoms with Gasteiger partial charge in [-0.15, -0.1) is 0 Å². The number of H-pyrrole nitrogens is 1. The van der Waals surface area contributed by atoms with Crippen LogP contribution in [0.4, 0.5) is 11.8 Å². The van der Waals surface area contributed by atoms with Gasteiger partial charge in [0.25, 0.3) is 5.56 Å². The van der Waals surface area contributed by atoms with Crippen LogP contribution < -0.4 is 25.2 Å². The van der Waals surface area contributed by atoms with Crippen LogP contribution in [0.3, 0.4) is 0 Å². The zero-order chi connectivity index (χ0) is 23.3. The van der Waals surface area contributed by atoms with Crippen molar-refractivity contribution in [3.8, 4) is 17.6 Å². The van der Waals surface area contributed by atoms with E-state index in [2.05, 4.69) is 21.4 Å². The summed E-state index contributed by atoms with van der Waals surface area (Å²) in [5.74, 6) is -1.28. The van der Waals surface area contributed by atoms with Gasteiger partial charge in [-0.1, -0.05) is 6.07 Å². The zero-order valence-corrected chi connectivity index (χ0v) is 18.3. The van der Waals surface area contributed by atoms with Gasteiger partial charge in [-0.25, -0.2) is 0 Å². The molecular formula is C23H23N5O6. The van der Waals surface area contributed by atoms with E-state index in [0.717, 1.165) is 0 Å². The first kappa shape index (κ1) is 20.9. The van der Waals surface area contributed by atoms with Crippen molar-refractivity contribution in [2.45, 2.75) is 24.5 Å². The van der Waals surface area contributed by atoms with Crippen molar-refractivity contribution in [1.29, 1.82) is 5.26 Å². The smallest absolute Gasteiger partial charge is 0.258 e. The number of piperidine rings is 1. The highest BCUT2D eigenvalue weighted by Gasteiger charge is 2.43. The van der Waals surface area contributed by atoms with E-state index in [1.807, 2.05) is 4.90 Å². The molecule has 2 aromatic rings. The molecule has 176 valence electrons. The number of rotatable bonds is 2. The predicted molar refractivity (Wildman–Crippen MR) is 118 cm³/mol. The third-order valence-corrected chi connectivity index (χ3v) is 6.81. The van der Waals surface area contributed by atoms with Gasteiger partial charge < -0.3 is 29.2 Å². The van der Waals surface area contributed by atoms with Gasteiger partial charge in [0.1, 0.15) is 24.9 Å². The van der Waals surface area contributed by atoms with Gasteiger partial charge >= 0.3 is 0 Å². The van der Waals surface area contributed by atoms with Gasteiger partial charge in [0.05, 0.1) is 24.8 Å². The minimum Gasteiger partial charge on any atom is -0.486 e. The topological polar surface area (TPSA) is 139 Å². The second kappa shape index (κ2) is 8.00. The van der Waals surface area contributed by atoms with Crippen LogP contribution in [0.25, 0.3) is 0 Å². The molecule has 2 N–H and O–H groups in total. The van der Waals surface area contributed by atoms with Gasteiger partial charge in [0.15, 0.2) is 17.3 Å². The Morgan fingerprint density at radius 3 is 2.53 bits per heavy atom. The van der Waals surface area contributed by atoms with Gasteiger partial charge in [-0.3, -0.25) is 14.6 Å². The van der Waals surface area contributed by atoms with Crippen molar-refractivity contribution in [3.05, 3.63) is 39.7 Å². The standard InChI is InChI=1S/C23H23N5O6/c24-12-14-17(13-1-2-15-16(11-13)32-8-7-31-15)18-19(25-20(14)29)26-22(27-21(18)30)28-5-3-23(4-6-28)33-9-10-34-23/h1-2,11,14,17H,3-10H2,(H2,25,26,27,29,30). The number of amides is 1. The van der Waals surface area contributed by atoms with Crippen molar-refractivity contribution in [2.24, 2.45) is 5.92 Å². The molecule has 4 aliphatic heterocycles. The minimum atomic E-state index is -1.09. The highest BCUT2D eigenvalue weighted by molar-refractivity contribution is 5.98. The van der Waals surface area contributed by atoms with Gasteiger partial charge in [-0.2, -0.15) is 10.2 Å². The van der Waals surface area contributed by atoms with E-state index in [1.165, 1.54) is 0 Å². The SMILES string of the molecule is N#CC1C(=O)Nc2nc(N3CCC4(CC3)OCCO4)[nH]c(=O)c2C1c1ccc2c(c1)OCCO2. The van der Waals surface area contributed by atoms with E-state index in [0.29, 0.717) is 75.4 Å². The Kier molecular flexibility index (Phi) is 4.93. The molecule has 0 saturated carbocycles. The lowest BCUT2D eigenvalue weighted by molar-refractivity contribution is -0.169. The van der Waals surface area contributed by atoms with E-state index >= 15 is 0 Å². The molecule has 2 fully saturated rings. The summed E-state index contributed by atoms with van der Waals surface area (Å²) in [6.07, 6.45) is 1.30. The Balaban J connectivity index is 1.36.